The summed E-state index contributed by atoms with van der Waals surface area (Å²) in [5.41, 5.74) is 0. The third-order valence-corrected chi connectivity index (χ3v) is 4.66. The number of alkyl halides is 3. The zero-order chi connectivity index (χ0) is 14.8. The molecule has 3 nitrogen and oxygen atoms in total. The Bertz CT molecular complexity index is 330. The van der Waals surface area contributed by atoms with Gasteiger partial charge in [-0.3, -0.25) is 9.69 Å². The average Bonchev–Trinajstić information content (AvgIpc) is 2.39. The van der Waals surface area contributed by atoms with Gasteiger partial charge in [-0.25, -0.2) is 0 Å². The van der Waals surface area contributed by atoms with Crippen molar-refractivity contribution in [2.75, 3.05) is 33.2 Å². The van der Waals surface area contributed by atoms with Gasteiger partial charge in [0.1, 0.15) is 0 Å². The van der Waals surface area contributed by atoms with E-state index in [-0.39, 0.29) is 12.3 Å². The highest BCUT2D eigenvalue weighted by molar-refractivity contribution is 5.84. The van der Waals surface area contributed by atoms with Gasteiger partial charge in [0.05, 0.1) is 0 Å². The molecule has 6 heteroatoms. The van der Waals surface area contributed by atoms with Crippen molar-refractivity contribution in [2.45, 2.75) is 44.3 Å². The molecule has 1 saturated carbocycles. The molecule has 0 N–H and O–H groups in total. The summed E-state index contributed by atoms with van der Waals surface area (Å²) >= 11 is 0. The Kier molecular flexibility index (Phi) is 5.07. The highest BCUT2D eigenvalue weighted by Gasteiger charge is 2.40. The molecule has 0 aromatic heterocycles. The van der Waals surface area contributed by atoms with Crippen molar-refractivity contribution < 1.29 is 18.0 Å². The quantitative estimate of drug-likeness (QED) is 0.797. The number of piperazine rings is 1. The minimum Gasteiger partial charge on any atom is -0.304 e. The lowest BCUT2D eigenvalue weighted by atomic mass is 9.82. The molecule has 1 heterocycles. The minimum atomic E-state index is -4.66. The molecule has 20 heavy (non-hydrogen) atoms. The number of carbonyl (C=O) groups is 1. The van der Waals surface area contributed by atoms with Crippen LogP contribution in [-0.2, 0) is 4.79 Å². The predicted octanol–water partition coefficient (Wildman–Crippen LogP) is 2.31. The van der Waals surface area contributed by atoms with E-state index in [1.54, 1.807) is 0 Å². The van der Waals surface area contributed by atoms with Gasteiger partial charge in [0.15, 0.2) is 0 Å². The monoisotopic (exact) mass is 292 g/mol. The number of carbonyl (C=O) groups excluding carboxylic acids is 1. The van der Waals surface area contributed by atoms with Crippen LogP contribution in [0, 0.1) is 5.92 Å². The maximum Gasteiger partial charge on any atom is 0.449 e. The summed E-state index contributed by atoms with van der Waals surface area (Å²) in [5.74, 6) is -1.63. The fourth-order valence-electron chi connectivity index (χ4n) is 3.28. The molecule has 2 fully saturated rings. The first-order valence-electron chi connectivity index (χ1n) is 7.39. The Labute approximate surface area is 118 Å². The molecule has 1 aliphatic heterocycles. The lowest BCUT2D eigenvalue weighted by Gasteiger charge is -2.41. The van der Waals surface area contributed by atoms with Crippen molar-refractivity contribution in [1.82, 2.24) is 9.80 Å². The summed E-state index contributed by atoms with van der Waals surface area (Å²) in [5, 5.41) is 0. The Morgan fingerprint density at radius 2 is 1.60 bits per heavy atom. The Morgan fingerprint density at radius 3 is 2.10 bits per heavy atom. The van der Waals surface area contributed by atoms with E-state index in [9.17, 15) is 18.0 Å². The smallest absolute Gasteiger partial charge is 0.304 e. The van der Waals surface area contributed by atoms with Crippen molar-refractivity contribution in [3.8, 4) is 0 Å². The van der Waals surface area contributed by atoms with Crippen LogP contribution in [0.1, 0.15) is 32.1 Å². The number of ketones is 1. The van der Waals surface area contributed by atoms with Gasteiger partial charge in [-0.2, -0.15) is 13.2 Å². The number of nitrogens with zero attached hydrogens (tertiary/aromatic N) is 2. The summed E-state index contributed by atoms with van der Waals surface area (Å²) in [6.07, 6.45) is -1.62. The van der Waals surface area contributed by atoms with Gasteiger partial charge >= 0.3 is 6.18 Å². The van der Waals surface area contributed by atoms with Crippen LogP contribution in [0.15, 0.2) is 0 Å². The number of halogens is 3. The molecule has 0 amide bonds. The van der Waals surface area contributed by atoms with Gasteiger partial charge in [-0.05, 0) is 38.6 Å². The normalized spacial score (nSPS) is 30.4. The predicted molar refractivity (Wildman–Crippen MR) is 70.5 cm³/mol. The second-order valence-corrected chi connectivity index (χ2v) is 6.14. The van der Waals surface area contributed by atoms with Gasteiger partial charge in [0.2, 0.25) is 5.78 Å². The van der Waals surface area contributed by atoms with E-state index >= 15 is 0 Å². The van der Waals surface area contributed by atoms with Gasteiger partial charge < -0.3 is 4.90 Å². The van der Waals surface area contributed by atoms with E-state index in [2.05, 4.69) is 16.8 Å². The lowest BCUT2D eigenvalue weighted by molar-refractivity contribution is -0.172. The fourth-order valence-corrected chi connectivity index (χ4v) is 3.28. The summed E-state index contributed by atoms with van der Waals surface area (Å²) in [7, 11) is 2.11. The van der Waals surface area contributed by atoms with Crippen LogP contribution < -0.4 is 0 Å². The zero-order valence-corrected chi connectivity index (χ0v) is 12.0. The second-order valence-electron chi connectivity index (χ2n) is 6.14. The first kappa shape index (κ1) is 15.8. The van der Waals surface area contributed by atoms with Gasteiger partial charge in [-0.1, -0.05) is 0 Å². The van der Waals surface area contributed by atoms with Gasteiger partial charge in [0, 0.05) is 38.6 Å². The molecule has 0 unspecified atom stereocenters. The van der Waals surface area contributed by atoms with Crippen LogP contribution in [0.25, 0.3) is 0 Å². The maximum atomic E-state index is 12.2. The van der Waals surface area contributed by atoms with E-state index in [1.807, 2.05) is 0 Å². The maximum absolute atomic E-state index is 12.2. The van der Waals surface area contributed by atoms with Crippen LogP contribution in [0.5, 0.6) is 0 Å². The molecule has 2 aliphatic rings. The molecule has 0 radical (unpaired) electrons. The highest BCUT2D eigenvalue weighted by Crippen LogP contribution is 2.32. The Hall–Kier alpha value is -0.620. The standard InChI is InChI=1S/C14H23F3N2O/c1-18-6-8-19(9-7-18)12-4-2-11(3-5-12)10-13(20)14(15,16)17/h11-12H,2-10H2,1H3. The topological polar surface area (TPSA) is 23.6 Å². The number of hydrogen-bond donors (Lipinski definition) is 0. The minimum absolute atomic E-state index is 0.0761. The van der Waals surface area contributed by atoms with E-state index in [1.165, 1.54) is 0 Å². The molecule has 1 aliphatic carbocycles. The third-order valence-electron chi connectivity index (χ3n) is 4.66. The SMILES string of the molecule is CN1CCN(C2CCC(CC(=O)C(F)(F)F)CC2)CC1. The molecule has 0 atom stereocenters. The van der Waals surface area contributed by atoms with Crippen LogP contribution >= 0.6 is 0 Å². The molecule has 2 rings (SSSR count). The van der Waals surface area contributed by atoms with Crippen molar-refractivity contribution >= 4 is 5.78 Å². The fraction of sp³-hybridized carbons (Fsp3) is 0.929. The largest absolute Gasteiger partial charge is 0.449 e. The van der Waals surface area contributed by atoms with Gasteiger partial charge in [0.25, 0.3) is 0 Å². The first-order valence-corrected chi connectivity index (χ1v) is 7.39. The summed E-state index contributed by atoms with van der Waals surface area (Å²) in [6.45, 7) is 4.22. The Morgan fingerprint density at radius 1 is 1.05 bits per heavy atom. The lowest BCUT2D eigenvalue weighted by Crippen LogP contribution is -2.50. The summed E-state index contributed by atoms with van der Waals surface area (Å²) < 4.78 is 36.7. The number of rotatable bonds is 3. The highest BCUT2D eigenvalue weighted by atomic mass is 19.4. The van der Waals surface area contributed by atoms with Crippen LogP contribution in [0.2, 0.25) is 0 Å². The Balaban J connectivity index is 1.74. The van der Waals surface area contributed by atoms with Crippen molar-refractivity contribution in [1.29, 1.82) is 0 Å². The summed E-state index contributed by atoms with van der Waals surface area (Å²) in [6, 6.07) is 0.501. The molecular formula is C14H23F3N2O. The van der Waals surface area contributed by atoms with E-state index < -0.39 is 12.0 Å². The molecular weight excluding hydrogens is 269 g/mol. The second kappa shape index (κ2) is 6.43. The summed E-state index contributed by atoms with van der Waals surface area (Å²) in [4.78, 5) is 15.8. The molecule has 0 spiro atoms. The molecule has 0 bridgehead atoms. The molecule has 0 aromatic carbocycles. The van der Waals surface area contributed by atoms with Crippen LogP contribution in [0.4, 0.5) is 13.2 Å². The molecule has 0 aromatic rings. The van der Waals surface area contributed by atoms with Crippen molar-refractivity contribution in [3.05, 3.63) is 0 Å². The molecule has 116 valence electrons. The van der Waals surface area contributed by atoms with Crippen molar-refractivity contribution in [2.24, 2.45) is 5.92 Å². The third kappa shape index (κ3) is 4.19. The number of likely N-dealkylation sites (N-methyl/N-ethyl adjacent to an activating group) is 1. The van der Waals surface area contributed by atoms with E-state index in [4.69, 9.17) is 0 Å². The van der Waals surface area contributed by atoms with Crippen molar-refractivity contribution in [3.63, 3.8) is 0 Å². The van der Waals surface area contributed by atoms with E-state index in [0.29, 0.717) is 6.04 Å². The average molecular weight is 292 g/mol. The van der Waals surface area contributed by atoms with Crippen LogP contribution in [0.3, 0.4) is 0 Å². The van der Waals surface area contributed by atoms with Crippen LogP contribution in [-0.4, -0.2) is 61.0 Å². The van der Waals surface area contributed by atoms with E-state index in [0.717, 1.165) is 51.9 Å². The zero-order valence-electron chi connectivity index (χ0n) is 12.0. The molecule has 1 saturated heterocycles. The van der Waals surface area contributed by atoms with Gasteiger partial charge in [-0.15, -0.1) is 0 Å². The number of hydrogen-bond acceptors (Lipinski definition) is 3. The number of Topliss-reactive ketones (excluding diaryl/α,β-unsaturated/α-hetero) is 1. The first-order chi connectivity index (χ1) is 9.36.